The van der Waals surface area contributed by atoms with Crippen LogP contribution in [0.4, 0.5) is 4.39 Å². The fraction of sp³-hybridized carbons (Fsp3) is 0.238. The van der Waals surface area contributed by atoms with Gasteiger partial charge in [0.25, 0.3) is 5.91 Å². The summed E-state index contributed by atoms with van der Waals surface area (Å²) in [6, 6.07) is 11.1. The van der Waals surface area contributed by atoms with Gasteiger partial charge in [-0.15, -0.1) is 0 Å². The molecule has 6 nitrogen and oxygen atoms in total. The Morgan fingerprint density at radius 2 is 1.86 bits per heavy atom. The van der Waals surface area contributed by atoms with Crippen LogP contribution in [0.2, 0.25) is 0 Å². The van der Waals surface area contributed by atoms with Crippen LogP contribution in [0.1, 0.15) is 21.6 Å². The average Bonchev–Trinajstić information content (AvgIpc) is 3.16. The molecule has 0 atom stereocenters. The first kappa shape index (κ1) is 18.0. The summed E-state index contributed by atoms with van der Waals surface area (Å²) in [5.41, 5.74) is 2.93. The predicted octanol–water partition coefficient (Wildman–Crippen LogP) is 3.70. The third-order valence-corrected chi connectivity index (χ3v) is 4.86. The Kier molecular flexibility index (Phi) is 4.73. The molecule has 1 aromatic heterocycles. The standard InChI is InChI=1S/C21H19FN2O4/c1-26-18-8-5-14(11-19(18)27-2)21(25)24-10-9-17-16(12-24)20(28-23-17)13-3-6-15(22)7-4-13/h3-8,11H,9-10,12H2,1-2H3. The molecule has 144 valence electrons. The van der Waals surface area contributed by atoms with E-state index in [-0.39, 0.29) is 11.7 Å². The molecule has 0 N–H and O–H groups in total. The van der Waals surface area contributed by atoms with Gasteiger partial charge in [-0.3, -0.25) is 4.79 Å². The number of benzene rings is 2. The summed E-state index contributed by atoms with van der Waals surface area (Å²) < 4.78 is 29.2. The van der Waals surface area contributed by atoms with Crippen molar-refractivity contribution in [3.05, 3.63) is 65.1 Å². The Labute approximate surface area is 161 Å². The molecule has 0 saturated heterocycles. The Bertz CT molecular complexity index is 1010. The molecule has 0 radical (unpaired) electrons. The number of methoxy groups -OCH3 is 2. The lowest BCUT2D eigenvalue weighted by atomic mass is 10.0. The van der Waals surface area contributed by atoms with Gasteiger partial charge in [-0.25, -0.2) is 4.39 Å². The second kappa shape index (κ2) is 7.34. The summed E-state index contributed by atoms with van der Waals surface area (Å²) in [6.45, 7) is 0.911. The number of nitrogens with zero attached hydrogens (tertiary/aromatic N) is 2. The summed E-state index contributed by atoms with van der Waals surface area (Å²) >= 11 is 0. The molecule has 3 aromatic rings. The van der Waals surface area contributed by atoms with E-state index >= 15 is 0 Å². The second-order valence-electron chi connectivity index (χ2n) is 6.49. The molecule has 0 aliphatic carbocycles. The Balaban J connectivity index is 1.61. The van der Waals surface area contributed by atoms with E-state index in [0.29, 0.717) is 42.3 Å². The lowest BCUT2D eigenvalue weighted by molar-refractivity contribution is 0.0734. The van der Waals surface area contributed by atoms with E-state index < -0.39 is 0 Å². The maximum absolute atomic E-state index is 13.2. The third kappa shape index (κ3) is 3.19. The van der Waals surface area contributed by atoms with E-state index in [4.69, 9.17) is 14.0 Å². The monoisotopic (exact) mass is 382 g/mol. The molecule has 0 spiro atoms. The summed E-state index contributed by atoms with van der Waals surface area (Å²) in [4.78, 5) is 14.8. The van der Waals surface area contributed by atoms with Gasteiger partial charge in [0.15, 0.2) is 17.3 Å². The maximum atomic E-state index is 13.2. The van der Waals surface area contributed by atoms with Gasteiger partial charge >= 0.3 is 0 Å². The van der Waals surface area contributed by atoms with E-state index in [1.807, 2.05) is 0 Å². The lowest BCUT2D eigenvalue weighted by Crippen LogP contribution is -2.35. The largest absolute Gasteiger partial charge is 0.493 e. The highest BCUT2D eigenvalue weighted by atomic mass is 19.1. The van der Waals surface area contributed by atoms with Crippen LogP contribution in [0.15, 0.2) is 47.0 Å². The normalized spacial score (nSPS) is 13.2. The average molecular weight is 382 g/mol. The van der Waals surface area contributed by atoms with E-state index in [2.05, 4.69) is 5.16 Å². The first-order chi connectivity index (χ1) is 13.6. The van der Waals surface area contributed by atoms with Crippen LogP contribution in [0.25, 0.3) is 11.3 Å². The van der Waals surface area contributed by atoms with Crippen LogP contribution in [0.3, 0.4) is 0 Å². The van der Waals surface area contributed by atoms with E-state index in [1.165, 1.54) is 19.2 Å². The van der Waals surface area contributed by atoms with Crippen molar-refractivity contribution in [2.45, 2.75) is 13.0 Å². The SMILES string of the molecule is COc1ccc(C(=O)N2CCc3noc(-c4ccc(F)cc4)c3C2)cc1OC. The molecule has 2 aromatic carbocycles. The molecule has 1 aliphatic rings. The minimum atomic E-state index is -0.317. The van der Waals surface area contributed by atoms with Gasteiger partial charge in [0, 0.05) is 29.7 Å². The lowest BCUT2D eigenvalue weighted by Gasteiger charge is -2.26. The van der Waals surface area contributed by atoms with Gasteiger partial charge in [-0.1, -0.05) is 5.16 Å². The Hall–Kier alpha value is -3.35. The van der Waals surface area contributed by atoms with E-state index in [9.17, 15) is 9.18 Å². The van der Waals surface area contributed by atoms with Gasteiger partial charge in [-0.05, 0) is 42.5 Å². The van der Waals surface area contributed by atoms with Crippen molar-refractivity contribution < 1.29 is 23.2 Å². The quantitative estimate of drug-likeness (QED) is 0.689. The van der Waals surface area contributed by atoms with E-state index in [1.54, 1.807) is 42.3 Å². The number of carbonyl (C=O) groups is 1. The highest BCUT2D eigenvalue weighted by molar-refractivity contribution is 5.95. The maximum Gasteiger partial charge on any atom is 0.254 e. The number of hydrogen-bond donors (Lipinski definition) is 0. The minimum Gasteiger partial charge on any atom is -0.493 e. The summed E-state index contributed by atoms with van der Waals surface area (Å²) in [5, 5.41) is 4.13. The topological polar surface area (TPSA) is 64.8 Å². The number of rotatable bonds is 4. The number of carbonyl (C=O) groups excluding carboxylic acids is 1. The van der Waals surface area contributed by atoms with Crippen LogP contribution in [0, 0.1) is 5.82 Å². The molecular formula is C21H19FN2O4. The van der Waals surface area contributed by atoms with Crippen LogP contribution in [0.5, 0.6) is 11.5 Å². The fourth-order valence-corrected chi connectivity index (χ4v) is 3.37. The molecule has 1 amide bonds. The number of halogens is 1. The fourth-order valence-electron chi connectivity index (χ4n) is 3.37. The van der Waals surface area contributed by atoms with Crippen molar-refractivity contribution in [3.8, 4) is 22.8 Å². The van der Waals surface area contributed by atoms with Crippen LogP contribution < -0.4 is 9.47 Å². The number of fused-ring (bicyclic) bond motifs is 1. The minimum absolute atomic E-state index is 0.113. The molecule has 2 heterocycles. The highest BCUT2D eigenvalue weighted by Gasteiger charge is 2.28. The van der Waals surface area contributed by atoms with Crippen molar-refractivity contribution in [2.24, 2.45) is 0 Å². The number of hydrogen-bond acceptors (Lipinski definition) is 5. The Morgan fingerprint density at radius 1 is 1.11 bits per heavy atom. The molecule has 4 rings (SSSR count). The van der Waals surface area contributed by atoms with Crippen molar-refractivity contribution in [1.29, 1.82) is 0 Å². The molecule has 0 bridgehead atoms. The predicted molar refractivity (Wildman–Crippen MR) is 99.9 cm³/mol. The zero-order valence-electron chi connectivity index (χ0n) is 15.6. The Morgan fingerprint density at radius 3 is 2.57 bits per heavy atom. The molecule has 0 unspecified atom stereocenters. The number of ether oxygens (including phenoxy) is 2. The molecule has 0 saturated carbocycles. The van der Waals surface area contributed by atoms with Gasteiger partial charge in [-0.2, -0.15) is 0 Å². The molecule has 28 heavy (non-hydrogen) atoms. The van der Waals surface area contributed by atoms with Gasteiger partial charge < -0.3 is 18.9 Å². The first-order valence-corrected chi connectivity index (χ1v) is 8.85. The smallest absolute Gasteiger partial charge is 0.254 e. The van der Waals surface area contributed by atoms with Gasteiger partial charge in [0.1, 0.15) is 5.82 Å². The van der Waals surface area contributed by atoms with Crippen molar-refractivity contribution >= 4 is 5.91 Å². The summed E-state index contributed by atoms with van der Waals surface area (Å²) in [7, 11) is 3.08. The van der Waals surface area contributed by atoms with Gasteiger partial charge in [0.2, 0.25) is 0 Å². The third-order valence-electron chi connectivity index (χ3n) is 4.86. The zero-order valence-corrected chi connectivity index (χ0v) is 15.6. The van der Waals surface area contributed by atoms with Crippen LogP contribution in [-0.2, 0) is 13.0 Å². The summed E-state index contributed by atoms with van der Waals surface area (Å²) in [5.74, 6) is 1.21. The highest BCUT2D eigenvalue weighted by Crippen LogP contribution is 2.32. The van der Waals surface area contributed by atoms with Crippen LogP contribution >= 0.6 is 0 Å². The van der Waals surface area contributed by atoms with Crippen molar-refractivity contribution in [3.63, 3.8) is 0 Å². The second-order valence-corrected chi connectivity index (χ2v) is 6.49. The van der Waals surface area contributed by atoms with Crippen molar-refractivity contribution in [1.82, 2.24) is 10.1 Å². The molecule has 0 fully saturated rings. The summed E-state index contributed by atoms with van der Waals surface area (Å²) in [6.07, 6.45) is 0.596. The molecule has 1 aliphatic heterocycles. The first-order valence-electron chi connectivity index (χ1n) is 8.85. The van der Waals surface area contributed by atoms with Crippen LogP contribution in [-0.4, -0.2) is 36.7 Å². The number of aromatic nitrogens is 1. The van der Waals surface area contributed by atoms with Gasteiger partial charge in [0.05, 0.1) is 26.5 Å². The number of amides is 1. The van der Waals surface area contributed by atoms with E-state index in [0.717, 1.165) is 16.8 Å². The molecule has 7 heteroatoms. The molecular weight excluding hydrogens is 363 g/mol. The zero-order chi connectivity index (χ0) is 19.7. The van der Waals surface area contributed by atoms with Crippen molar-refractivity contribution in [2.75, 3.05) is 20.8 Å².